The Bertz CT molecular complexity index is 509. The lowest BCUT2D eigenvalue weighted by molar-refractivity contribution is 1.15. The SMILES string of the molecule is Clc1ccc(CNc2cccc(Cl)c2Cl)cc1. The van der Waals surface area contributed by atoms with Crippen molar-refractivity contribution in [2.24, 2.45) is 0 Å². The molecular weight excluding hydrogens is 277 g/mol. The molecule has 0 saturated carbocycles. The monoisotopic (exact) mass is 285 g/mol. The molecule has 0 bridgehead atoms. The summed E-state index contributed by atoms with van der Waals surface area (Å²) in [4.78, 5) is 0. The zero-order valence-electron chi connectivity index (χ0n) is 8.88. The van der Waals surface area contributed by atoms with Gasteiger partial charge >= 0.3 is 0 Å². The van der Waals surface area contributed by atoms with Gasteiger partial charge in [0.15, 0.2) is 0 Å². The minimum absolute atomic E-state index is 0.545. The standard InChI is InChI=1S/C13H10Cl3N/c14-10-6-4-9(5-7-10)8-17-12-3-1-2-11(15)13(12)16/h1-7,17H,8H2. The molecule has 0 aliphatic carbocycles. The van der Waals surface area contributed by atoms with Gasteiger partial charge in [0.05, 0.1) is 15.7 Å². The van der Waals surface area contributed by atoms with E-state index in [9.17, 15) is 0 Å². The van der Waals surface area contributed by atoms with E-state index in [4.69, 9.17) is 34.8 Å². The van der Waals surface area contributed by atoms with Crippen LogP contribution in [0.2, 0.25) is 15.1 Å². The lowest BCUT2D eigenvalue weighted by Crippen LogP contribution is -1.99. The molecule has 2 rings (SSSR count). The first-order valence-electron chi connectivity index (χ1n) is 5.09. The van der Waals surface area contributed by atoms with Crippen LogP contribution in [0.1, 0.15) is 5.56 Å². The van der Waals surface area contributed by atoms with Crippen LogP contribution in [0.5, 0.6) is 0 Å². The fourth-order valence-corrected chi connectivity index (χ4v) is 1.93. The summed E-state index contributed by atoms with van der Waals surface area (Å²) in [6.07, 6.45) is 0. The van der Waals surface area contributed by atoms with Gasteiger partial charge in [0, 0.05) is 11.6 Å². The molecule has 2 aromatic rings. The normalized spacial score (nSPS) is 10.3. The van der Waals surface area contributed by atoms with Crippen molar-refractivity contribution in [1.29, 1.82) is 0 Å². The van der Waals surface area contributed by atoms with Crippen molar-refractivity contribution in [3.8, 4) is 0 Å². The molecule has 4 heteroatoms. The second-order valence-electron chi connectivity index (χ2n) is 3.58. The van der Waals surface area contributed by atoms with E-state index in [1.807, 2.05) is 36.4 Å². The topological polar surface area (TPSA) is 12.0 Å². The molecular formula is C13H10Cl3N. The van der Waals surface area contributed by atoms with Gasteiger partial charge in [-0.1, -0.05) is 53.0 Å². The Morgan fingerprint density at radius 2 is 1.59 bits per heavy atom. The lowest BCUT2D eigenvalue weighted by atomic mass is 10.2. The largest absolute Gasteiger partial charge is 0.380 e. The molecule has 0 aliphatic rings. The molecule has 1 nitrogen and oxygen atoms in total. The summed E-state index contributed by atoms with van der Waals surface area (Å²) in [6, 6.07) is 13.2. The molecule has 0 saturated heterocycles. The van der Waals surface area contributed by atoms with Gasteiger partial charge in [0.2, 0.25) is 0 Å². The second kappa shape index (κ2) is 5.63. The molecule has 0 aliphatic heterocycles. The van der Waals surface area contributed by atoms with Crippen molar-refractivity contribution in [3.63, 3.8) is 0 Å². The van der Waals surface area contributed by atoms with Crippen LogP contribution in [0, 0.1) is 0 Å². The number of benzene rings is 2. The van der Waals surface area contributed by atoms with Crippen LogP contribution in [0.15, 0.2) is 42.5 Å². The minimum Gasteiger partial charge on any atom is -0.380 e. The summed E-state index contributed by atoms with van der Waals surface area (Å²) in [5.41, 5.74) is 1.96. The molecule has 0 heterocycles. The van der Waals surface area contributed by atoms with Crippen LogP contribution in [0.25, 0.3) is 0 Å². The van der Waals surface area contributed by atoms with Crippen molar-refractivity contribution in [1.82, 2.24) is 0 Å². The Morgan fingerprint density at radius 3 is 2.29 bits per heavy atom. The van der Waals surface area contributed by atoms with Crippen LogP contribution < -0.4 is 5.32 Å². The van der Waals surface area contributed by atoms with Gasteiger partial charge in [-0.2, -0.15) is 0 Å². The van der Waals surface area contributed by atoms with Gasteiger partial charge in [0.25, 0.3) is 0 Å². The van der Waals surface area contributed by atoms with Crippen molar-refractivity contribution in [2.45, 2.75) is 6.54 Å². The zero-order chi connectivity index (χ0) is 12.3. The van der Waals surface area contributed by atoms with Gasteiger partial charge in [0.1, 0.15) is 0 Å². The number of hydrogen-bond acceptors (Lipinski definition) is 1. The molecule has 0 aromatic heterocycles. The van der Waals surface area contributed by atoms with E-state index >= 15 is 0 Å². The van der Waals surface area contributed by atoms with E-state index in [0.717, 1.165) is 16.3 Å². The lowest BCUT2D eigenvalue weighted by Gasteiger charge is -2.09. The molecule has 88 valence electrons. The van der Waals surface area contributed by atoms with E-state index in [2.05, 4.69) is 5.32 Å². The number of nitrogens with one attached hydrogen (secondary N) is 1. The Labute approximate surface area is 115 Å². The van der Waals surface area contributed by atoms with E-state index in [1.54, 1.807) is 6.07 Å². The maximum Gasteiger partial charge on any atom is 0.0823 e. The first-order chi connectivity index (χ1) is 8.16. The van der Waals surface area contributed by atoms with Gasteiger partial charge < -0.3 is 5.32 Å². The molecule has 17 heavy (non-hydrogen) atoms. The Kier molecular flexibility index (Phi) is 4.16. The first kappa shape index (κ1) is 12.6. The predicted molar refractivity (Wildman–Crippen MR) is 75.2 cm³/mol. The highest BCUT2D eigenvalue weighted by Gasteiger charge is 2.03. The quantitative estimate of drug-likeness (QED) is 0.811. The van der Waals surface area contributed by atoms with Crippen molar-refractivity contribution >= 4 is 40.5 Å². The third-order valence-corrected chi connectivity index (χ3v) is 3.42. The average Bonchev–Trinajstić information content (AvgIpc) is 2.33. The van der Waals surface area contributed by atoms with Crippen LogP contribution >= 0.6 is 34.8 Å². The van der Waals surface area contributed by atoms with Crippen LogP contribution in [0.3, 0.4) is 0 Å². The van der Waals surface area contributed by atoms with Gasteiger partial charge in [-0.3, -0.25) is 0 Å². The average molecular weight is 287 g/mol. The molecule has 1 N–H and O–H groups in total. The predicted octanol–water partition coefficient (Wildman–Crippen LogP) is 5.26. The summed E-state index contributed by atoms with van der Waals surface area (Å²) in [6.45, 7) is 0.678. The maximum atomic E-state index is 6.07. The summed E-state index contributed by atoms with van der Waals surface area (Å²) in [7, 11) is 0. The Morgan fingerprint density at radius 1 is 0.882 bits per heavy atom. The summed E-state index contributed by atoms with van der Waals surface area (Å²) in [5, 5.41) is 5.05. The number of halogens is 3. The third-order valence-electron chi connectivity index (χ3n) is 2.35. The number of hydrogen-bond donors (Lipinski definition) is 1. The molecule has 0 fully saturated rings. The first-order valence-corrected chi connectivity index (χ1v) is 6.22. The smallest absolute Gasteiger partial charge is 0.0823 e. The van der Waals surface area contributed by atoms with E-state index in [-0.39, 0.29) is 0 Å². The highest BCUT2D eigenvalue weighted by molar-refractivity contribution is 6.43. The Balaban J connectivity index is 2.07. The fourth-order valence-electron chi connectivity index (χ4n) is 1.44. The number of rotatable bonds is 3. The third kappa shape index (κ3) is 3.29. The summed E-state index contributed by atoms with van der Waals surface area (Å²) in [5.74, 6) is 0. The highest BCUT2D eigenvalue weighted by atomic mass is 35.5. The number of anilines is 1. The molecule has 0 amide bonds. The van der Waals surface area contributed by atoms with Crippen LogP contribution in [-0.4, -0.2) is 0 Å². The molecule has 0 radical (unpaired) electrons. The second-order valence-corrected chi connectivity index (χ2v) is 4.80. The zero-order valence-corrected chi connectivity index (χ0v) is 11.2. The fraction of sp³-hybridized carbons (Fsp3) is 0.0769. The molecule has 0 atom stereocenters. The summed E-state index contributed by atoms with van der Waals surface area (Å²) < 4.78 is 0. The highest BCUT2D eigenvalue weighted by Crippen LogP contribution is 2.29. The van der Waals surface area contributed by atoms with Crippen LogP contribution in [0.4, 0.5) is 5.69 Å². The maximum absolute atomic E-state index is 6.07. The Hall–Kier alpha value is -0.890. The van der Waals surface area contributed by atoms with Crippen LogP contribution in [-0.2, 0) is 6.54 Å². The van der Waals surface area contributed by atoms with Gasteiger partial charge in [-0.25, -0.2) is 0 Å². The summed E-state index contributed by atoms with van der Waals surface area (Å²) >= 11 is 17.8. The van der Waals surface area contributed by atoms with Crippen molar-refractivity contribution in [3.05, 3.63) is 63.1 Å². The van der Waals surface area contributed by atoms with E-state index in [0.29, 0.717) is 16.6 Å². The van der Waals surface area contributed by atoms with Crippen molar-refractivity contribution < 1.29 is 0 Å². The van der Waals surface area contributed by atoms with Gasteiger partial charge in [-0.15, -0.1) is 0 Å². The van der Waals surface area contributed by atoms with E-state index < -0.39 is 0 Å². The molecule has 0 unspecified atom stereocenters. The van der Waals surface area contributed by atoms with Crippen molar-refractivity contribution in [2.75, 3.05) is 5.32 Å². The molecule has 0 spiro atoms. The minimum atomic E-state index is 0.545. The molecule has 2 aromatic carbocycles. The van der Waals surface area contributed by atoms with E-state index in [1.165, 1.54) is 0 Å². The van der Waals surface area contributed by atoms with Gasteiger partial charge in [-0.05, 0) is 29.8 Å².